The van der Waals surface area contributed by atoms with Gasteiger partial charge in [-0.15, -0.1) is 16.8 Å². The lowest BCUT2D eigenvalue weighted by Gasteiger charge is -2.14. The number of nitrogens with one attached hydrogen (secondary N) is 1. The van der Waals surface area contributed by atoms with Gasteiger partial charge in [0.25, 0.3) is 0 Å². The van der Waals surface area contributed by atoms with E-state index in [1.54, 1.807) is 0 Å². The molecule has 1 aromatic heterocycles. The van der Waals surface area contributed by atoms with Crippen molar-refractivity contribution in [3.63, 3.8) is 0 Å². The lowest BCUT2D eigenvalue weighted by atomic mass is 10.0. The fourth-order valence-electron chi connectivity index (χ4n) is 3.57. The molecule has 0 atom stereocenters. The molecule has 0 aliphatic rings. The number of rotatable bonds is 12. The molecule has 0 spiro atoms. The molecule has 7 heteroatoms. The third-order valence-corrected chi connectivity index (χ3v) is 6.29. The summed E-state index contributed by atoms with van der Waals surface area (Å²) < 4.78 is 7.76. The van der Waals surface area contributed by atoms with E-state index < -0.39 is 0 Å². The second kappa shape index (κ2) is 12.4. The highest BCUT2D eigenvalue weighted by Gasteiger charge is 2.16. The summed E-state index contributed by atoms with van der Waals surface area (Å²) in [5, 5.41) is 12.6. The number of hydrogen-bond acceptors (Lipinski definition) is 5. The van der Waals surface area contributed by atoms with E-state index in [0.29, 0.717) is 24.2 Å². The number of carbonyl (C=O) groups is 1. The summed E-state index contributed by atoms with van der Waals surface area (Å²) in [7, 11) is 0. The Hall–Kier alpha value is -3.06. The van der Waals surface area contributed by atoms with Crippen LogP contribution in [0.25, 0.3) is 11.4 Å². The topological polar surface area (TPSA) is 69.0 Å². The van der Waals surface area contributed by atoms with Gasteiger partial charge in [-0.05, 0) is 54.2 Å². The molecule has 0 bridgehead atoms. The highest BCUT2D eigenvalue weighted by Crippen LogP contribution is 2.27. The number of ether oxygens (including phenoxy) is 1. The van der Waals surface area contributed by atoms with E-state index in [2.05, 4.69) is 61.9 Å². The van der Waals surface area contributed by atoms with Crippen molar-refractivity contribution >= 4 is 23.4 Å². The number of aromatic nitrogens is 3. The van der Waals surface area contributed by atoms with Gasteiger partial charge in [-0.3, -0.25) is 9.36 Å². The highest BCUT2D eigenvalue weighted by atomic mass is 32.2. The molecule has 6 nitrogen and oxygen atoms in total. The number of aryl methyl sites for hydroxylation is 2. The van der Waals surface area contributed by atoms with E-state index in [0.717, 1.165) is 46.8 Å². The van der Waals surface area contributed by atoms with Crippen molar-refractivity contribution in [1.29, 1.82) is 0 Å². The minimum atomic E-state index is -0.0537. The van der Waals surface area contributed by atoms with Crippen LogP contribution in [0.2, 0.25) is 0 Å². The van der Waals surface area contributed by atoms with Crippen molar-refractivity contribution in [3.8, 4) is 17.1 Å². The molecule has 1 heterocycles. The molecular formula is C27H34N4O2S. The van der Waals surface area contributed by atoms with Crippen LogP contribution in [0.3, 0.4) is 0 Å². The molecule has 180 valence electrons. The predicted octanol–water partition coefficient (Wildman–Crippen LogP) is 6.02. The van der Waals surface area contributed by atoms with Crippen LogP contribution in [-0.4, -0.2) is 33.0 Å². The Labute approximate surface area is 206 Å². The van der Waals surface area contributed by atoms with E-state index in [9.17, 15) is 4.79 Å². The fourth-order valence-corrected chi connectivity index (χ4v) is 4.32. The van der Waals surface area contributed by atoms with Gasteiger partial charge in [0.05, 0.1) is 12.4 Å². The molecule has 0 aliphatic heterocycles. The van der Waals surface area contributed by atoms with Crippen LogP contribution in [0, 0.1) is 5.92 Å². The van der Waals surface area contributed by atoms with E-state index in [1.165, 1.54) is 11.8 Å². The van der Waals surface area contributed by atoms with Gasteiger partial charge in [-0.1, -0.05) is 63.7 Å². The zero-order valence-electron chi connectivity index (χ0n) is 20.5. The lowest BCUT2D eigenvalue weighted by molar-refractivity contribution is -0.113. The number of hydrogen-bond donors (Lipinski definition) is 1. The van der Waals surface area contributed by atoms with Crippen LogP contribution in [0.15, 0.2) is 60.3 Å². The molecule has 34 heavy (non-hydrogen) atoms. The van der Waals surface area contributed by atoms with Crippen molar-refractivity contribution in [1.82, 2.24) is 14.8 Å². The van der Waals surface area contributed by atoms with Crippen molar-refractivity contribution in [2.75, 3.05) is 17.7 Å². The van der Waals surface area contributed by atoms with Crippen molar-refractivity contribution < 1.29 is 9.53 Å². The van der Waals surface area contributed by atoms with Gasteiger partial charge >= 0.3 is 0 Å². The van der Waals surface area contributed by atoms with Gasteiger partial charge in [0.2, 0.25) is 5.91 Å². The molecule has 0 radical (unpaired) electrons. The second-order valence-electron chi connectivity index (χ2n) is 8.43. The summed E-state index contributed by atoms with van der Waals surface area (Å²) in [4.78, 5) is 12.8. The SMILES string of the molecule is C=CCn1c(SCC(=O)Nc2c(CC)cccc2CC)nnc1-c1ccc(OCC(C)C)cc1. The number of thioether (sulfide) groups is 1. The number of carbonyl (C=O) groups excluding carboxylic acids is 1. The number of amides is 1. The Bertz CT molecular complexity index is 1080. The first-order valence-electron chi connectivity index (χ1n) is 11.8. The molecule has 3 rings (SSSR count). The minimum Gasteiger partial charge on any atom is -0.493 e. The van der Waals surface area contributed by atoms with E-state index in [4.69, 9.17) is 4.74 Å². The summed E-state index contributed by atoms with van der Waals surface area (Å²) >= 11 is 1.38. The summed E-state index contributed by atoms with van der Waals surface area (Å²) in [6, 6.07) is 14.0. The third kappa shape index (κ3) is 6.50. The highest BCUT2D eigenvalue weighted by molar-refractivity contribution is 7.99. The van der Waals surface area contributed by atoms with Crippen molar-refractivity contribution in [2.45, 2.75) is 52.2 Å². The number of allylic oxidation sites excluding steroid dienone is 1. The van der Waals surface area contributed by atoms with Gasteiger partial charge in [-0.25, -0.2) is 0 Å². The van der Waals surface area contributed by atoms with Crippen LogP contribution >= 0.6 is 11.8 Å². The molecule has 0 unspecified atom stereocenters. The zero-order valence-corrected chi connectivity index (χ0v) is 21.3. The molecule has 0 saturated carbocycles. The monoisotopic (exact) mass is 478 g/mol. The number of nitrogens with zero attached hydrogens (tertiary/aromatic N) is 3. The standard InChI is InChI=1S/C27H34N4O2S/c1-6-16-31-26(22-12-14-23(15-13-22)33-17-19(4)5)29-30-27(31)34-18-24(32)28-25-20(7-2)10-9-11-21(25)8-3/h6,9-15,19H,1,7-8,16-18H2,2-5H3,(H,28,32). The van der Waals surface area contributed by atoms with Crippen molar-refractivity contribution in [3.05, 3.63) is 66.2 Å². The number of benzene rings is 2. The molecule has 2 aromatic carbocycles. The van der Waals surface area contributed by atoms with E-state index in [-0.39, 0.29) is 11.7 Å². The molecule has 0 saturated heterocycles. The average molecular weight is 479 g/mol. The summed E-state index contributed by atoms with van der Waals surface area (Å²) in [6.07, 6.45) is 3.55. The Morgan fingerprint density at radius 1 is 1.12 bits per heavy atom. The number of para-hydroxylation sites is 1. The Morgan fingerprint density at radius 3 is 2.38 bits per heavy atom. The average Bonchev–Trinajstić information content (AvgIpc) is 3.24. The molecule has 1 N–H and O–H groups in total. The molecule has 3 aromatic rings. The first kappa shape index (κ1) is 25.6. The van der Waals surface area contributed by atoms with Crippen LogP contribution < -0.4 is 10.1 Å². The smallest absolute Gasteiger partial charge is 0.234 e. The van der Waals surface area contributed by atoms with E-state index in [1.807, 2.05) is 41.0 Å². The fraction of sp³-hybridized carbons (Fsp3) is 0.370. The maximum atomic E-state index is 12.8. The second-order valence-corrected chi connectivity index (χ2v) is 9.37. The molecule has 0 fully saturated rings. The van der Waals surface area contributed by atoms with Gasteiger partial charge in [0.1, 0.15) is 5.75 Å². The molecular weight excluding hydrogens is 444 g/mol. The summed E-state index contributed by atoms with van der Waals surface area (Å²) in [6.45, 7) is 13.5. The Morgan fingerprint density at radius 2 is 1.79 bits per heavy atom. The Balaban J connectivity index is 1.72. The predicted molar refractivity (Wildman–Crippen MR) is 141 cm³/mol. The van der Waals surface area contributed by atoms with Gasteiger partial charge in [0, 0.05) is 17.8 Å². The third-order valence-electron chi connectivity index (χ3n) is 5.32. The van der Waals surface area contributed by atoms with Gasteiger partial charge in [-0.2, -0.15) is 0 Å². The van der Waals surface area contributed by atoms with Crippen LogP contribution in [-0.2, 0) is 24.2 Å². The quantitative estimate of drug-likeness (QED) is 0.255. The summed E-state index contributed by atoms with van der Waals surface area (Å²) in [5.41, 5.74) is 4.17. The number of anilines is 1. The van der Waals surface area contributed by atoms with Gasteiger partial charge < -0.3 is 10.1 Å². The maximum Gasteiger partial charge on any atom is 0.234 e. The van der Waals surface area contributed by atoms with Crippen LogP contribution in [0.4, 0.5) is 5.69 Å². The maximum absolute atomic E-state index is 12.8. The first-order valence-corrected chi connectivity index (χ1v) is 12.8. The van der Waals surface area contributed by atoms with Crippen molar-refractivity contribution in [2.24, 2.45) is 5.92 Å². The van der Waals surface area contributed by atoms with Gasteiger partial charge in [0.15, 0.2) is 11.0 Å². The normalized spacial score (nSPS) is 11.0. The molecule has 1 amide bonds. The summed E-state index contributed by atoms with van der Waals surface area (Å²) in [5.74, 6) is 2.23. The molecule has 0 aliphatic carbocycles. The minimum absolute atomic E-state index is 0.0537. The lowest BCUT2D eigenvalue weighted by Crippen LogP contribution is -2.17. The zero-order chi connectivity index (χ0) is 24.5. The largest absolute Gasteiger partial charge is 0.493 e. The van der Waals surface area contributed by atoms with E-state index >= 15 is 0 Å². The van der Waals surface area contributed by atoms with Crippen LogP contribution in [0.1, 0.15) is 38.8 Å². The van der Waals surface area contributed by atoms with Crippen LogP contribution in [0.5, 0.6) is 5.75 Å². The Kier molecular flexibility index (Phi) is 9.33. The first-order chi connectivity index (χ1) is 16.5.